The van der Waals surface area contributed by atoms with Gasteiger partial charge in [0.25, 0.3) is 23.6 Å². The molecule has 8 fully saturated rings. The summed E-state index contributed by atoms with van der Waals surface area (Å²) in [6.07, 6.45) is 27.8. The average molecular weight is 1280 g/mol. The van der Waals surface area contributed by atoms with Crippen LogP contribution < -0.4 is 31.9 Å². The first-order chi connectivity index (χ1) is 45.0. The van der Waals surface area contributed by atoms with E-state index in [4.69, 9.17) is 0 Å². The number of hydrogen-bond acceptors (Lipinski definition) is 8. The Bertz CT molecular complexity index is 2940. The molecule has 0 radical (unpaired) electrons. The third kappa shape index (κ3) is 13.7. The van der Waals surface area contributed by atoms with Crippen molar-refractivity contribution < 1.29 is 19.2 Å². The molecule has 5 aromatic rings. The summed E-state index contributed by atoms with van der Waals surface area (Å²) < 4.78 is 0. The lowest BCUT2D eigenvalue weighted by Crippen LogP contribution is -2.44. The van der Waals surface area contributed by atoms with Crippen molar-refractivity contribution in [3.63, 3.8) is 0 Å². The summed E-state index contributed by atoms with van der Waals surface area (Å²) in [5.41, 5.74) is 7.00. The highest BCUT2D eigenvalue weighted by Gasteiger charge is 2.56. The summed E-state index contributed by atoms with van der Waals surface area (Å²) in [4.78, 5) is 61.8. The monoisotopic (exact) mass is 1280 g/mol. The molecular formula is C78H104N8O4P2. The van der Waals surface area contributed by atoms with E-state index in [2.05, 4.69) is 166 Å². The molecule has 8 unspecified atom stereocenters. The van der Waals surface area contributed by atoms with Crippen molar-refractivity contribution in [2.45, 2.75) is 229 Å². The molecule has 0 bridgehead atoms. The van der Waals surface area contributed by atoms with Crippen molar-refractivity contribution in [2.75, 3.05) is 26.2 Å². The Kier molecular flexibility index (Phi) is 21.4. The second-order valence-electron chi connectivity index (χ2n) is 28.9. The number of nitrogens with zero attached hydrogens (tertiary/aromatic N) is 4. The Hall–Kier alpha value is -5.32. The van der Waals surface area contributed by atoms with E-state index in [1.54, 1.807) is 0 Å². The van der Waals surface area contributed by atoms with Crippen LogP contribution in [0.25, 0.3) is 0 Å². The molecule has 0 spiro atoms. The number of carbonyl (C=O) groups is 4. The molecule has 4 heterocycles. The molecule has 4 amide bonds. The number of rotatable bonds is 18. The zero-order chi connectivity index (χ0) is 63.2. The van der Waals surface area contributed by atoms with Gasteiger partial charge in [-0.1, -0.05) is 174 Å². The van der Waals surface area contributed by atoms with Gasteiger partial charge in [-0.3, -0.25) is 19.2 Å². The first-order valence-electron chi connectivity index (χ1n) is 36.3. The van der Waals surface area contributed by atoms with Gasteiger partial charge in [-0.25, -0.2) is 20.0 Å². The van der Waals surface area contributed by atoms with Crippen LogP contribution in [0, 0.1) is 23.7 Å². The number of benzene rings is 5. The fourth-order valence-electron chi connectivity index (χ4n) is 18.0. The fourth-order valence-corrected chi connectivity index (χ4v) is 25.8. The number of hydrazine groups is 2. The van der Waals surface area contributed by atoms with Crippen molar-refractivity contribution >= 4 is 50.1 Å². The van der Waals surface area contributed by atoms with Gasteiger partial charge in [0, 0.05) is 72.6 Å². The molecule has 13 rings (SSSR count). The number of fused-ring (bicyclic) bond motifs is 2. The van der Waals surface area contributed by atoms with E-state index in [9.17, 15) is 0 Å². The van der Waals surface area contributed by atoms with Crippen LogP contribution in [0.1, 0.15) is 269 Å². The molecule has 8 atom stereocenters. The van der Waals surface area contributed by atoms with Gasteiger partial charge in [0.15, 0.2) is 0 Å². The minimum absolute atomic E-state index is 0.0178. The Morgan fingerprint density at radius 3 is 0.739 bits per heavy atom. The minimum Gasteiger partial charge on any atom is -0.349 e. The zero-order valence-electron chi connectivity index (χ0n) is 55.6. The average Bonchev–Trinajstić information content (AvgIpc) is 1.54. The van der Waals surface area contributed by atoms with Gasteiger partial charge < -0.3 is 21.3 Å². The topological polar surface area (TPSA) is 129 Å². The maximum Gasteiger partial charge on any atom is 0.251 e. The summed E-state index contributed by atoms with van der Waals surface area (Å²) in [6.45, 7) is 12.1. The zero-order valence-corrected chi connectivity index (χ0v) is 57.4. The Labute approximate surface area is 552 Å². The molecule has 4 aliphatic carbocycles. The van der Waals surface area contributed by atoms with Crippen LogP contribution in [0.15, 0.2) is 121 Å². The smallest absolute Gasteiger partial charge is 0.251 e. The van der Waals surface area contributed by atoms with E-state index in [0.717, 1.165) is 148 Å². The molecule has 12 nitrogen and oxygen atoms in total. The molecule has 4 saturated carbocycles. The molecule has 8 aliphatic rings. The highest BCUT2D eigenvalue weighted by Crippen LogP contribution is 2.74. The van der Waals surface area contributed by atoms with Gasteiger partial charge in [0.2, 0.25) is 0 Å². The third-order valence-corrected chi connectivity index (χ3v) is 29.5. The molecule has 4 saturated heterocycles. The lowest BCUT2D eigenvalue weighted by Gasteiger charge is -2.38. The number of amides is 4. The minimum atomic E-state index is -1.42. The predicted molar refractivity (Wildman–Crippen MR) is 376 cm³/mol. The van der Waals surface area contributed by atoms with Crippen molar-refractivity contribution in [1.29, 1.82) is 0 Å². The lowest BCUT2D eigenvalue weighted by molar-refractivity contribution is -0.0533. The second-order valence-corrected chi connectivity index (χ2v) is 33.4. The van der Waals surface area contributed by atoms with Gasteiger partial charge >= 0.3 is 0 Å². The van der Waals surface area contributed by atoms with E-state index in [1.165, 1.54) is 87.7 Å². The summed E-state index contributed by atoms with van der Waals surface area (Å²) in [5.74, 6) is 0.745. The van der Waals surface area contributed by atoms with Crippen LogP contribution in [0.3, 0.4) is 0 Å². The third-order valence-electron chi connectivity index (χ3n) is 23.1. The fraction of sp³-hybridized carbons (Fsp3) is 0.564. The van der Waals surface area contributed by atoms with E-state index >= 15 is 19.2 Å². The summed E-state index contributed by atoms with van der Waals surface area (Å²) in [5, 5.41) is 27.5. The largest absolute Gasteiger partial charge is 0.349 e. The number of nitrogens with one attached hydrogen (secondary N) is 4. The molecule has 4 aliphatic heterocycles. The molecule has 5 aromatic carbocycles. The van der Waals surface area contributed by atoms with Gasteiger partial charge in [-0.15, -0.1) is 0 Å². The standard InChI is InChI=1S/C78H104N8O4P2/c1-53(57-31-9-5-10-32-57)79-71(87)61-39-17-21-43-65(61)75-83-49-27-28-50-84(83)76(66-44-22-18-40-62(66)72(88)80-54(2)58-33-11-6-12-34-58)91(75)69-47-25-26-48-70(69)92-77(67-45-23-19-41-63(67)73(89)81-55(3)59-35-13-7-14-36-59)85-51-29-30-52-86(85)78(92)68-46-24-20-42-64(68)74(90)82-56(4)60-37-15-8-16-38-60/h17-26,39-48,53-60,75-78H,5-16,27-38,49-52H2,1-4H3,(H,79,87)(H,80,88)(H,81,89)(H,82,90). The highest BCUT2D eigenvalue weighted by atomic mass is 31.1. The Morgan fingerprint density at radius 1 is 0.304 bits per heavy atom. The maximum atomic E-state index is 15.5. The van der Waals surface area contributed by atoms with Crippen LogP contribution in [-0.2, 0) is 0 Å². The quantitative estimate of drug-likeness (QED) is 0.0639. The number of hydrogen-bond donors (Lipinski definition) is 4. The van der Waals surface area contributed by atoms with Gasteiger partial charge in [0.05, 0.1) is 23.1 Å². The molecule has 92 heavy (non-hydrogen) atoms. The van der Waals surface area contributed by atoms with Gasteiger partial charge in [-0.05, 0) is 201 Å². The maximum absolute atomic E-state index is 15.5. The first kappa shape index (κ1) is 65.3. The van der Waals surface area contributed by atoms with Crippen LogP contribution in [-0.4, -0.2) is 94.0 Å². The van der Waals surface area contributed by atoms with E-state index in [-0.39, 0.29) is 70.9 Å². The van der Waals surface area contributed by atoms with Crippen LogP contribution in [0.4, 0.5) is 0 Å². The second kappa shape index (κ2) is 30.2. The summed E-state index contributed by atoms with van der Waals surface area (Å²) in [6, 6.07) is 43.4. The van der Waals surface area contributed by atoms with Crippen LogP contribution >= 0.6 is 15.8 Å². The molecule has 0 aromatic heterocycles. The van der Waals surface area contributed by atoms with Crippen LogP contribution in [0.2, 0.25) is 0 Å². The number of carbonyl (C=O) groups excluding carboxylic acids is 4. The van der Waals surface area contributed by atoms with E-state index < -0.39 is 15.8 Å². The Morgan fingerprint density at radius 2 is 0.511 bits per heavy atom. The van der Waals surface area contributed by atoms with E-state index in [1.807, 2.05) is 24.3 Å². The van der Waals surface area contributed by atoms with E-state index in [0.29, 0.717) is 23.7 Å². The van der Waals surface area contributed by atoms with Crippen molar-refractivity contribution in [2.24, 2.45) is 23.7 Å². The molecule has 4 N–H and O–H groups in total. The van der Waals surface area contributed by atoms with Gasteiger partial charge in [0.1, 0.15) is 0 Å². The van der Waals surface area contributed by atoms with Crippen molar-refractivity contribution in [3.8, 4) is 0 Å². The summed E-state index contributed by atoms with van der Waals surface area (Å²) >= 11 is 0. The molecular weight excluding hydrogens is 1170 g/mol. The van der Waals surface area contributed by atoms with Crippen molar-refractivity contribution in [3.05, 3.63) is 166 Å². The predicted octanol–water partition coefficient (Wildman–Crippen LogP) is 16.1. The normalized spacial score (nSPS) is 26.4. The molecule has 490 valence electrons. The summed E-state index contributed by atoms with van der Waals surface area (Å²) in [7, 11) is -2.84. The highest BCUT2D eigenvalue weighted by molar-refractivity contribution is 7.72. The SMILES string of the molecule is CC(NC(=O)c1ccccc1C1N2CCCCN2C(c2ccccc2C(=O)NC(C)C2CCCCC2)P1c1ccccc1P1C(c2ccccc2C(=O)NC(C)C2CCCCC2)N2CCCCN2C1c1ccccc1C(=O)NC(C)C1CCCCC1)C1CCCCC1. The van der Waals surface area contributed by atoms with Gasteiger partial charge in [-0.2, -0.15) is 0 Å². The van der Waals surface area contributed by atoms with Crippen molar-refractivity contribution in [1.82, 2.24) is 41.3 Å². The lowest BCUT2D eigenvalue weighted by atomic mass is 9.84. The molecule has 14 heteroatoms. The van der Waals surface area contributed by atoms with Crippen LogP contribution in [0.5, 0.6) is 0 Å². The Balaban J connectivity index is 1.00. The first-order valence-corrected chi connectivity index (χ1v) is 39.3.